The second-order valence-electron chi connectivity index (χ2n) is 6.08. The van der Waals surface area contributed by atoms with Crippen molar-refractivity contribution in [2.75, 3.05) is 0 Å². The Labute approximate surface area is 109 Å². The average molecular weight is 249 g/mol. The molecule has 0 aliphatic heterocycles. The molecule has 4 heteroatoms. The van der Waals surface area contributed by atoms with Crippen LogP contribution in [0.2, 0.25) is 0 Å². The third-order valence-corrected chi connectivity index (χ3v) is 3.83. The van der Waals surface area contributed by atoms with Gasteiger partial charge in [0, 0.05) is 13.1 Å². The van der Waals surface area contributed by atoms with E-state index in [1.807, 2.05) is 20.0 Å². The molecule has 0 aromatic carbocycles. The molecular weight excluding hydrogens is 226 g/mol. The van der Waals surface area contributed by atoms with Crippen LogP contribution in [0.15, 0.2) is 6.07 Å². The molecule has 1 atom stereocenters. The van der Waals surface area contributed by atoms with Gasteiger partial charge in [-0.25, -0.2) is 0 Å². The van der Waals surface area contributed by atoms with E-state index in [1.54, 1.807) is 4.68 Å². The normalized spacial score (nSPS) is 22.1. The molecule has 1 saturated carbocycles. The van der Waals surface area contributed by atoms with E-state index in [0.29, 0.717) is 17.2 Å². The number of hydrogen-bond acceptors (Lipinski definition) is 2. The van der Waals surface area contributed by atoms with Crippen molar-refractivity contribution in [3.05, 3.63) is 17.5 Å². The predicted octanol–water partition coefficient (Wildman–Crippen LogP) is 2.29. The van der Waals surface area contributed by atoms with Crippen molar-refractivity contribution in [2.24, 2.45) is 12.5 Å². The highest BCUT2D eigenvalue weighted by molar-refractivity contribution is 5.92. The number of nitrogens with one attached hydrogen (secondary N) is 1. The Kier molecular flexibility index (Phi) is 3.46. The smallest absolute Gasteiger partial charge is 0.269 e. The van der Waals surface area contributed by atoms with Crippen LogP contribution in [0, 0.1) is 5.41 Å². The number of nitrogens with zero attached hydrogens (tertiary/aromatic N) is 2. The first-order valence-corrected chi connectivity index (χ1v) is 6.75. The highest BCUT2D eigenvalue weighted by atomic mass is 16.2. The van der Waals surface area contributed by atoms with Crippen LogP contribution in [0.3, 0.4) is 0 Å². The molecule has 0 spiro atoms. The molecule has 18 heavy (non-hydrogen) atoms. The number of amides is 1. The average Bonchev–Trinajstić information content (AvgIpc) is 2.81. The summed E-state index contributed by atoms with van der Waals surface area (Å²) in [4.78, 5) is 12.2. The Morgan fingerprint density at radius 1 is 1.61 bits per heavy atom. The molecule has 1 amide bonds. The van der Waals surface area contributed by atoms with Crippen LogP contribution in [-0.2, 0) is 13.5 Å². The molecule has 1 aromatic heterocycles. The molecule has 1 aliphatic rings. The Bertz CT molecular complexity index is 448. The highest BCUT2D eigenvalue weighted by Crippen LogP contribution is 2.36. The van der Waals surface area contributed by atoms with Gasteiger partial charge < -0.3 is 5.32 Å². The Hall–Kier alpha value is -1.32. The summed E-state index contributed by atoms with van der Waals surface area (Å²) in [7, 11) is 1.83. The molecule has 0 bridgehead atoms. The molecule has 1 fully saturated rings. The first-order valence-electron chi connectivity index (χ1n) is 6.75. The van der Waals surface area contributed by atoms with E-state index in [1.165, 1.54) is 6.42 Å². The summed E-state index contributed by atoms with van der Waals surface area (Å²) in [5.74, 6) is 0.00685. The van der Waals surface area contributed by atoms with Gasteiger partial charge in [-0.05, 0) is 37.2 Å². The van der Waals surface area contributed by atoms with Gasteiger partial charge in [0.15, 0.2) is 0 Å². The zero-order valence-electron chi connectivity index (χ0n) is 11.8. The lowest BCUT2D eigenvalue weighted by molar-refractivity contribution is 0.0926. The number of carbonyl (C=O) groups excluding carboxylic acids is 1. The predicted molar refractivity (Wildman–Crippen MR) is 71.5 cm³/mol. The summed E-state index contributed by atoms with van der Waals surface area (Å²) in [5.41, 5.74) is 1.99. The molecule has 2 rings (SSSR count). The fourth-order valence-electron chi connectivity index (χ4n) is 2.73. The van der Waals surface area contributed by atoms with Crippen LogP contribution in [0.25, 0.3) is 0 Å². The Morgan fingerprint density at radius 3 is 2.83 bits per heavy atom. The maximum atomic E-state index is 12.2. The number of rotatable bonds is 3. The van der Waals surface area contributed by atoms with Crippen LogP contribution in [-0.4, -0.2) is 21.7 Å². The standard InChI is InChI=1S/C14H23N3O/c1-5-10-8-12(17(4)16-10)13(18)15-11-6-7-14(2,3)9-11/h8,11H,5-7,9H2,1-4H3,(H,15,18). The van der Waals surface area contributed by atoms with Crippen molar-refractivity contribution in [2.45, 2.75) is 52.5 Å². The van der Waals surface area contributed by atoms with Crippen molar-refractivity contribution >= 4 is 5.91 Å². The quantitative estimate of drug-likeness (QED) is 0.893. The molecule has 1 N–H and O–H groups in total. The molecule has 0 radical (unpaired) electrons. The monoisotopic (exact) mass is 249 g/mol. The van der Waals surface area contributed by atoms with Gasteiger partial charge in [0.2, 0.25) is 0 Å². The highest BCUT2D eigenvalue weighted by Gasteiger charge is 2.32. The zero-order chi connectivity index (χ0) is 13.3. The van der Waals surface area contributed by atoms with E-state index in [4.69, 9.17) is 0 Å². The Morgan fingerprint density at radius 2 is 2.33 bits per heavy atom. The van der Waals surface area contributed by atoms with Crippen LogP contribution in [0.5, 0.6) is 0 Å². The maximum Gasteiger partial charge on any atom is 0.269 e. The van der Waals surface area contributed by atoms with Crippen molar-refractivity contribution in [3.8, 4) is 0 Å². The van der Waals surface area contributed by atoms with Crippen molar-refractivity contribution in [1.82, 2.24) is 15.1 Å². The maximum absolute atomic E-state index is 12.2. The van der Waals surface area contributed by atoms with Crippen LogP contribution in [0.1, 0.15) is 56.2 Å². The summed E-state index contributed by atoms with van der Waals surface area (Å²) in [5, 5.41) is 7.44. The zero-order valence-corrected chi connectivity index (χ0v) is 11.8. The lowest BCUT2D eigenvalue weighted by atomic mass is 9.92. The third-order valence-electron chi connectivity index (χ3n) is 3.83. The van der Waals surface area contributed by atoms with Crippen LogP contribution >= 0.6 is 0 Å². The fraction of sp³-hybridized carbons (Fsp3) is 0.714. The van der Waals surface area contributed by atoms with Gasteiger partial charge in [-0.1, -0.05) is 20.8 Å². The topological polar surface area (TPSA) is 46.9 Å². The van der Waals surface area contributed by atoms with Gasteiger partial charge in [-0.15, -0.1) is 0 Å². The van der Waals surface area contributed by atoms with Crippen molar-refractivity contribution < 1.29 is 4.79 Å². The largest absolute Gasteiger partial charge is 0.348 e. The summed E-state index contributed by atoms with van der Waals surface area (Å²) < 4.78 is 1.67. The van der Waals surface area contributed by atoms with E-state index in [0.717, 1.165) is 25.0 Å². The van der Waals surface area contributed by atoms with Gasteiger partial charge in [0.05, 0.1) is 5.69 Å². The lowest BCUT2D eigenvalue weighted by Crippen LogP contribution is -2.34. The Balaban J connectivity index is 2.02. The van der Waals surface area contributed by atoms with E-state index in [2.05, 4.69) is 24.3 Å². The van der Waals surface area contributed by atoms with Gasteiger partial charge in [-0.3, -0.25) is 9.48 Å². The second kappa shape index (κ2) is 4.75. The fourth-order valence-corrected chi connectivity index (χ4v) is 2.73. The van der Waals surface area contributed by atoms with Gasteiger partial charge in [0.1, 0.15) is 5.69 Å². The third kappa shape index (κ3) is 2.74. The van der Waals surface area contributed by atoms with Gasteiger partial charge in [-0.2, -0.15) is 5.10 Å². The minimum Gasteiger partial charge on any atom is -0.348 e. The molecule has 1 heterocycles. The second-order valence-corrected chi connectivity index (χ2v) is 6.08. The van der Waals surface area contributed by atoms with Crippen LogP contribution < -0.4 is 5.32 Å². The lowest BCUT2D eigenvalue weighted by Gasteiger charge is -2.17. The number of aryl methyl sites for hydroxylation is 2. The number of hydrogen-bond donors (Lipinski definition) is 1. The van der Waals surface area contributed by atoms with E-state index in [-0.39, 0.29) is 5.91 Å². The van der Waals surface area contributed by atoms with E-state index >= 15 is 0 Å². The summed E-state index contributed by atoms with van der Waals surface area (Å²) in [6.45, 7) is 6.57. The molecule has 1 aliphatic carbocycles. The molecule has 0 saturated heterocycles. The van der Waals surface area contributed by atoms with E-state index < -0.39 is 0 Å². The number of aromatic nitrogens is 2. The van der Waals surface area contributed by atoms with E-state index in [9.17, 15) is 4.79 Å². The van der Waals surface area contributed by atoms with Crippen molar-refractivity contribution in [3.63, 3.8) is 0 Å². The SMILES string of the molecule is CCc1cc(C(=O)NC2CCC(C)(C)C2)n(C)n1. The summed E-state index contributed by atoms with van der Waals surface area (Å²) >= 11 is 0. The summed E-state index contributed by atoms with van der Waals surface area (Å²) in [6, 6.07) is 2.20. The molecule has 4 nitrogen and oxygen atoms in total. The van der Waals surface area contributed by atoms with Crippen LogP contribution in [0.4, 0.5) is 0 Å². The summed E-state index contributed by atoms with van der Waals surface area (Å²) in [6.07, 6.45) is 4.19. The molecule has 100 valence electrons. The first kappa shape index (κ1) is 13.1. The van der Waals surface area contributed by atoms with Gasteiger partial charge in [0.25, 0.3) is 5.91 Å². The molecule has 1 aromatic rings. The minimum atomic E-state index is 0.00685. The minimum absolute atomic E-state index is 0.00685. The molecular formula is C14H23N3O. The first-order chi connectivity index (χ1) is 8.41. The molecule has 1 unspecified atom stereocenters. The van der Waals surface area contributed by atoms with Gasteiger partial charge >= 0.3 is 0 Å². The van der Waals surface area contributed by atoms with Crippen molar-refractivity contribution in [1.29, 1.82) is 0 Å². The number of carbonyl (C=O) groups is 1.